The van der Waals surface area contributed by atoms with Gasteiger partial charge in [0.25, 0.3) is 5.91 Å². The van der Waals surface area contributed by atoms with Crippen LogP contribution in [0.2, 0.25) is 0 Å². The maximum atomic E-state index is 13.8. The number of urea groups is 1. The van der Waals surface area contributed by atoms with Crippen molar-refractivity contribution >= 4 is 18.0 Å². The lowest BCUT2D eigenvalue weighted by Gasteiger charge is -2.12. The van der Waals surface area contributed by atoms with Crippen molar-refractivity contribution in [3.63, 3.8) is 0 Å². The van der Waals surface area contributed by atoms with Crippen LogP contribution < -0.4 is 10.1 Å². The van der Waals surface area contributed by atoms with Crippen molar-refractivity contribution in [1.29, 1.82) is 0 Å². The fourth-order valence-electron chi connectivity index (χ4n) is 2.67. The fourth-order valence-corrected chi connectivity index (χ4v) is 2.67. The number of nitrogens with zero attached hydrogens (tertiary/aromatic N) is 1. The van der Waals surface area contributed by atoms with Crippen LogP contribution in [-0.4, -0.2) is 23.9 Å². The number of halogens is 1. The summed E-state index contributed by atoms with van der Waals surface area (Å²) in [5.74, 6) is -0.196. The van der Waals surface area contributed by atoms with Crippen molar-refractivity contribution in [2.45, 2.75) is 13.5 Å². The molecule has 2 aromatic carbocycles. The molecule has 0 atom stereocenters. The molecule has 1 aliphatic rings. The quantitative estimate of drug-likeness (QED) is 0.687. The van der Waals surface area contributed by atoms with E-state index in [9.17, 15) is 14.0 Å². The van der Waals surface area contributed by atoms with Gasteiger partial charge >= 0.3 is 6.03 Å². The summed E-state index contributed by atoms with van der Waals surface area (Å²) in [5, 5.41) is 2.53. The Hall–Kier alpha value is -3.15. The molecule has 5 nitrogen and oxygen atoms in total. The van der Waals surface area contributed by atoms with E-state index in [4.69, 9.17) is 4.74 Å². The molecular weight excluding hydrogens is 323 g/mol. The normalized spacial score (nSPS) is 15.6. The van der Waals surface area contributed by atoms with Crippen LogP contribution in [0.15, 0.2) is 48.2 Å². The molecule has 6 heteroatoms. The Balaban J connectivity index is 1.83. The SMILES string of the molecule is COc1ccc(/C=C2/NC(=O)N(Cc3ccccc3F)C2=O)cc1C. The molecule has 0 radical (unpaired) electrons. The summed E-state index contributed by atoms with van der Waals surface area (Å²) in [6.45, 7) is 1.77. The zero-order valence-electron chi connectivity index (χ0n) is 13.9. The van der Waals surface area contributed by atoms with Crippen LogP contribution in [0.5, 0.6) is 5.75 Å². The minimum absolute atomic E-state index is 0.115. The number of nitrogens with one attached hydrogen (secondary N) is 1. The maximum absolute atomic E-state index is 13.8. The molecule has 1 saturated heterocycles. The van der Waals surface area contributed by atoms with Crippen LogP contribution in [-0.2, 0) is 11.3 Å². The van der Waals surface area contributed by atoms with E-state index >= 15 is 0 Å². The predicted octanol–water partition coefficient (Wildman–Crippen LogP) is 3.24. The number of benzene rings is 2. The van der Waals surface area contributed by atoms with E-state index in [1.807, 2.05) is 13.0 Å². The molecule has 3 amide bonds. The maximum Gasteiger partial charge on any atom is 0.329 e. The van der Waals surface area contributed by atoms with Crippen LogP contribution in [0.25, 0.3) is 6.08 Å². The van der Waals surface area contributed by atoms with E-state index < -0.39 is 17.8 Å². The molecule has 1 N–H and O–H groups in total. The first-order chi connectivity index (χ1) is 12.0. The zero-order chi connectivity index (χ0) is 18.0. The molecule has 0 aromatic heterocycles. The molecule has 0 saturated carbocycles. The molecule has 0 aliphatic carbocycles. The van der Waals surface area contributed by atoms with E-state index in [-0.39, 0.29) is 17.8 Å². The number of ether oxygens (including phenoxy) is 1. The van der Waals surface area contributed by atoms with Gasteiger partial charge in [-0.05, 0) is 42.3 Å². The Morgan fingerprint density at radius 3 is 2.64 bits per heavy atom. The van der Waals surface area contributed by atoms with Crippen LogP contribution >= 0.6 is 0 Å². The van der Waals surface area contributed by atoms with Crippen molar-refractivity contribution in [3.05, 3.63) is 70.7 Å². The van der Waals surface area contributed by atoms with Gasteiger partial charge in [-0.1, -0.05) is 24.3 Å². The van der Waals surface area contributed by atoms with Gasteiger partial charge in [0.05, 0.1) is 13.7 Å². The Kier molecular flexibility index (Phi) is 4.52. The molecule has 0 bridgehead atoms. The van der Waals surface area contributed by atoms with E-state index in [0.717, 1.165) is 21.8 Å². The highest BCUT2D eigenvalue weighted by Gasteiger charge is 2.33. The number of hydrogen-bond acceptors (Lipinski definition) is 3. The standard InChI is InChI=1S/C19H17FN2O3/c1-12-9-13(7-8-17(12)25-2)10-16-18(23)22(19(24)21-16)11-14-5-3-4-6-15(14)20/h3-10H,11H2,1-2H3,(H,21,24)/b16-10+. The molecule has 3 rings (SSSR count). The average molecular weight is 340 g/mol. The zero-order valence-corrected chi connectivity index (χ0v) is 13.9. The molecule has 1 heterocycles. The van der Waals surface area contributed by atoms with Gasteiger partial charge in [-0.15, -0.1) is 0 Å². The van der Waals surface area contributed by atoms with Gasteiger partial charge in [0, 0.05) is 5.56 Å². The van der Waals surface area contributed by atoms with Gasteiger partial charge in [-0.25, -0.2) is 9.18 Å². The molecule has 2 aromatic rings. The number of rotatable bonds is 4. The molecular formula is C19H17FN2O3. The third-order valence-corrected chi connectivity index (χ3v) is 3.98. The number of hydrogen-bond donors (Lipinski definition) is 1. The van der Waals surface area contributed by atoms with E-state index in [2.05, 4.69) is 5.32 Å². The van der Waals surface area contributed by atoms with E-state index in [1.165, 1.54) is 6.07 Å². The Labute approximate surface area is 144 Å². The van der Waals surface area contributed by atoms with Gasteiger partial charge in [0.2, 0.25) is 0 Å². The Morgan fingerprint density at radius 1 is 1.20 bits per heavy atom. The fraction of sp³-hybridized carbons (Fsp3) is 0.158. The van der Waals surface area contributed by atoms with Gasteiger partial charge in [0.15, 0.2) is 0 Å². The summed E-state index contributed by atoms with van der Waals surface area (Å²) in [6, 6.07) is 10.9. The van der Waals surface area contributed by atoms with Crippen molar-refractivity contribution < 1.29 is 18.7 Å². The first kappa shape index (κ1) is 16.7. The lowest BCUT2D eigenvalue weighted by molar-refractivity contribution is -0.123. The summed E-state index contributed by atoms with van der Waals surface area (Å²) in [5.41, 5.74) is 2.12. The summed E-state index contributed by atoms with van der Waals surface area (Å²) >= 11 is 0. The number of methoxy groups -OCH3 is 1. The summed E-state index contributed by atoms with van der Waals surface area (Å²) in [4.78, 5) is 25.5. The average Bonchev–Trinajstić information content (AvgIpc) is 2.84. The Morgan fingerprint density at radius 2 is 1.96 bits per heavy atom. The third-order valence-electron chi connectivity index (χ3n) is 3.98. The van der Waals surface area contributed by atoms with Crippen molar-refractivity contribution in [2.75, 3.05) is 7.11 Å². The number of amides is 3. The number of carbonyl (C=O) groups is 2. The van der Waals surface area contributed by atoms with Crippen LogP contribution in [0.4, 0.5) is 9.18 Å². The summed E-state index contributed by atoms with van der Waals surface area (Å²) in [6.07, 6.45) is 1.59. The molecule has 25 heavy (non-hydrogen) atoms. The van der Waals surface area contributed by atoms with Crippen molar-refractivity contribution in [2.24, 2.45) is 0 Å². The summed E-state index contributed by atoms with van der Waals surface area (Å²) < 4.78 is 19.0. The second kappa shape index (κ2) is 6.76. The second-order valence-electron chi connectivity index (χ2n) is 5.70. The molecule has 1 fully saturated rings. The largest absolute Gasteiger partial charge is 0.496 e. The lowest BCUT2D eigenvalue weighted by Crippen LogP contribution is -2.30. The van der Waals surface area contributed by atoms with E-state index in [1.54, 1.807) is 43.5 Å². The van der Waals surface area contributed by atoms with Crippen molar-refractivity contribution in [1.82, 2.24) is 10.2 Å². The first-order valence-corrected chi connectivity index (χ1v) is 7.72. The highest BCUT2D eigenvalue weighted by molar-refractivity contribution is 6.13. The molecule has 0 unspecified atom stereocenters. The predicted molar refractivity (Wildman–Crippen MR) is 91.2 cm³/mol. The minimum Gasteiger partial charge on any atom is -0.496 e. The molecule has 128 valence electrons. The van der Waals surface area contributed by atoms with Crippen molar-refractivity contribution in [3.8, 4) is 5.75 Å². The second-order valence-corrected chi connectivity index (χ2v) is 5.70. The lowest BCUT2D eigenvalue weighted by atomic mass is 10.1. The topological polar surface area (TPSA) is 58.6 Å². The van der Waals surface area contributed by atoms with Gasteiger partial charge in [-0.3, -0.25) is 9.69 Å². The van der Waals surface area contributed by atoms with E-state index in [0.29, 0.717) is 0 Å². The monoisotopic (exact) mass is 340 g/mol. The van der Waals surface area contributed by atoms with Gasteiger partial charge in [0.1, 0.15) is 17.3 Å². The minimum atomic E-state index is -0.565. The first-order valence-electron chi connectivity index (χ1n) is 7.72. The number of aryl methyl sites for hydroxylation is 1. The highest BCUT2D eigenvalue weighted by Crippen LogP contribution is 2.22. The molecule has 1 aliphatic heterocycles. The van der Waals surface area contributed by atoms with Crippen LogP contribution in [0.1, 0.15) is 16.7 Å². The summed E-state index contributed by atoms with van der Waals surface area (Å²) in [7, 11) is 1.59. The van der Waals surface area contributed by atoms with Crippen LogP contribution in [0.3, 0.4) is 0 Å². The van der Waals surface area contributed by atoms with Gasteiger partial charge < -0.3 is 10.1 Å². The highest BCUT2D eigenvalue weighted by atomic mass is 19.1. The van der Waals surface area contributed by atoms with Gasteiger partial charge in [-0.2, -0.15) is 0 Å². The molecule has 0 spiro atoms. The van der Waals surface area contributed by atoms with Crippen LogP contribution in [0, 0.1) is 12.7 Å². The number of carbonyl (C=O) groups excluding carboxylic acids is 2. The number of imide groups is 1. The third kappa shape index (κ3) is 3.38. The smallest absolute Gasteiger partial charge is 0.329 e. The Bertz CT molecular complexity index is 877.